The fraction of sp³-hybridized carbons (Fsp3) is 0.438. The van der Waals surface area contributed by atoms with E-state index in [-0.39, 0.29) is 0 Å². The van der Waals surface area contributed by atoms with Crippen LogP contribution in [0.5, 0.6) is 0 Å². The van der Waals surface area contributed by atoms with Crippen LogP contribution in [0.2, 0.25) is 5.02 Å². The Morgan fingerprint density at radius 2 is 2.00 bits per heavy atom. The fourth-order valence-electron chi connectivity index (χ4n) is 1.53. The van der Waals surface area contributed by atoms with Gasteiger partial charge in [0.25, 0.3) is 0 Å². The molecule has 0 spiro atoms. The second kappa shape index (κ2) is 9.56. The molecule has 0 fully saturated rings. The lowest BCUT2D eigenvalue weighted by molar-refractivity contribution is 0.125. The first kappa shape index (κ1) is 16.7. The number of hydrogen-bond acceptors (Lipinski definition) is 3. The molecule has 110 valence electrons. The van der Waals surface area contributed by atoms with Crippen molar-refractivity contribution in [2.45, 2.75) is 19.8 Å². The first-order valence-corrected chi connectivity index (χ1v) is 7.27. The van der Waals surface area contributed by atoms with Crippen molar-refractivity contribution in [3.05, 3.63) is 40.9 Å². The molecule has 0 aliphatic rings. The summed E-state index contributed by atoms with van der Waals surface area (Å²) in [5.41, 5.74) is 2.06. The molecule has 1 rings (SSSR count). The largest absolute Gasteiger partial charge is 0.394 e. The third-order valence-corrected chi connectivity index (χ3v) is 2.91. The third kappa shape index (κ3) is 7.31. The van der Waals surface area contributed by atoms with Crippen molar-refractivity contribution in [2.75, 3.05) is 27.2 Å². The van der Waals surface area contributed by atoms with E-state index in [2.05, 4.69) is 17.0 Å². The summed E-state index contributed by atoms with van der Waals surface area (Å²) in [7, 11) is 4.03. The quantitative estimate of drug-likeness (QED) is 0.410. The summed E-state index contributed by atoms with van der Waals surface area (Å²) in [6, 6.07) is 7.72. The molecule has 0 bridgehead atoms. The van der Waals surface area contributed by atoms with Crippen LogP contribution < -0.4 is 0 Å². The minimum Gasteiger partial charge on any atom is -0.394 e. The van der Waals surface area contributed by atoms with Gasteiger partial charge in [0, 0.05) is 11.6 Å². The first-order chi connectivity index (χ1) is 9.61. The highest BCUT2D eigenvalue weighted by Crippen LogP contribution is 2.11. The average Bonchev–Trinajstić information content (AvgIpc) is 2.42. The van der Waals surface area contributed by atoms with E-state index in [4.69, 9.17) is 16.4 Å². The van der Waals surface area contributed by atoms with Gasteiger partial charge in [-0.2, -0.15) is 0 Å². The van der Waals surface area contributed by atoms with Gasteiger partial charge in [-0.3, -0.25) is 0 Å². The molecular weight excluding hydrogens is 272 g/mol. The van der Waals surface area contributed by atoms with Gasteiger partial charge in [-0.05, 0) is 44.3 Å². The summed E-state index contributed by atoms with van der Waals surface area (Å²) >= 11 is 5.86. The molecular formula is C16H23ClN2O. The Bertz CT molecular complexity index is 438. The number of halogens is 1. The summed E-state index contributed by atoms with van der Waals surface area (Å²) in [4.78, 5) is 7.41. The van der Waals surface area contributed by atoms with Crippen LogP contribution in [0.25, 0.3) is 6.08 Å². The standard InChI is InChI=1S/C16H23ClN2O/c1-4-5-16(18-20-13-12-19(2)3)11-8-14-6-9-15(17)10-7-14/h6-11H,4-5,12-13H2,1-3H3/b11-8+,18-16+. The number of likely N-dealkylation sites (N-methyl/N-ethyl adjacent to an activating group) is 1. The van der Waals surface area contributed by atoms with Crippen LogP contribution in [0.4, 0.5) is 0 Å². The molecule has 4 heteroatoms. The van der Waals surface area contributed by atoms with E-state index in [1.165, 1.54) is 0 Å². The number of hydrogen-bond donors (Lipinski definition) is 0. The van der Waals surface area contributed by atoms with Crippen LogP contribution in [0.1, 0.15) is 25.3 Å². The van der Waals surface area contributed by atoms with Crippen LogP contribution in [0, 0.1) is 0 Å². The highest BCUT2D eigenvalue weighted by molar-refractivity contribution is 6.30. The number of benzene rings is 1. The molecule has 0 amide bonds. The highest BCUT2D eigenvalue weighted by Gasteiger charge is 1.96. The van der Waals surface area contributed by atoms with E-state index in [1.807, 2.05) is 50.5 Å². The molecule has 0 heterocycles. The van der Waals surface area contributed by atoms with Crippen LogP contribution in [0.15, 0.2) is 35.5 Å². The van der Waals surface area contributed by atoms with Gasteiger partial charge in [-0.1, -0.05) is 48.3 Å². The summed E-state index contributed by atoms with van der Waals surface area (Å²) < 4.78 is 0. The van der Waals surface area contributed by atoms with Gasteiger partial charge < -0.3 is 9.74 Å². The molecule has 0 aliphatic carbocycles. The van der Waals surface area contributed by atoms with Gasteiger partial charge in [0.2, 0.25) is 0 Å². The van der Waals surface area contributed by atoms with Gasteiger partial charge in [-0.25, -0.2) is 0 Å². The summed E-state index contributed by atoms with van der Waals surface area (Å²) in [5.74, 6) is 0. The predicted molar refractivity (Wildman–Crippen MR) is 87.3 cm³/mol. The Labute approximate surface area is 126 Å². The van der Waals surface area contributed by atoms with E-state index in [9.17, 15) is 0 Å². The number of nitrogens with zero attached hydrogens (tertiary/aromatic N) is 2. The van der Waals surface area contributed by atoms with E-state index in [1.54, 1.807) is 0 Å². The van der Waals surface area contributed by atoms with Crippen molar-refractivity contribution in [3.8, 4) is 0 Å². The van der Waals surface area contributed by atoms with Crippen molar-refractivity contribution in [3.63, 3.8) is 0 Å². The lowest BCUT2D eigenvalue weighted by Gasteiger charge is -2.08. The van der Waals surface area contributed by atoms with Crippen LogP contribution in [-0.4, -0.2) is 37.9 Å². The Morgan fingerprint density at radius 3 is 2.60 bits per heavy atom. The van der Waals surface area contributed by atoms with Crippen molar-refractivity contribution in [1.29, 1.82) is 0 Å². The second-order valence-corrected chi connectivity index (χ2v) is 5.29. The molecule has 0 N–H and O–H groups in total. The monoisotopic (exact) mass is 294 g/mol. The zero-order valence-corrected chi connectivity index (χ0v) is 13.2. The Morgan fingerprint density at radius 1 is 1.30 bits per heavy atom. The molecule has 0 saturated carbocycles. The predicted octanol–water partition coefficient (Wildman–Crippen LogP) is 4.09. The van der Waals surface area contributed by atoms with Crippen LogP contribution in [0.3, 0.4) is 0 Å². The lowest BCUT2D eigenvalue weighted by Crippen LogP contribution is -2.17. The van der Waals surface area contributed by atoms with E-state index < -0.39 is 0 Å². The maximum absolute atomic E-state index is 5.86. The zero-order chi connectivity index (χ0) is 14.8. The van der Waals surface area contributed by atoms with E-state index in [0.29, 0.717) is 6.61 Å². The number of oxime groups is 1. The number of allylic oxidation sites excluding steroid dienone is 1. The van der Waals surface area contributed by atoms with Crippen LogP contribution >= 0.6 is 11.6 Å². The van der Waals surface area contributed by atoms with Crippen molar-refractivity contribution in [2.24, 2.45) is 5.16 Å². The number of rotatable bonds is 8. The molecule has 1 aromatic carbocycles. The molecule has 0 saturated heterocycles. The third-order valence-electron chi connectivity index (χ3n) is 2.66. The molecule has 20 heavy (non-hydrogen) atoms. The molecule has 0 aromatic heterocycles. The molecule has 0 unspecified atom stereocenters. The smallest absolute Gasteiger partial charge is 0.129 e. The molecule has 0 aliphatic heterocycles. The second-order valence-electron chi connectivity index (χ2n) is 4.85. The maximum atomic E-state index is 5.86. The topological polar surface area (TPSA) is 24.8 Å². The fourth-order valence-corrected chi connectivity index (χ4v) is 1.66. The van der Waals surface area contributed by atoms with Crippen molar-refractivity contribution in [1.82, 2.24) is 4.90 Å². The van der Waals surface area contributed by atoms with Crippen molar-refractivity contribution < 1.29 is 4.84 Å². The summed E-state index contributed by atoms with van der Waals surface area (Å²) in [6.07, 6.45) is 5.98. The first-order valence-electron chi connectivity index (χ1n) is 6.89. The molecule has 0 radical (unpaired) electrons. The average molecular weight is 295 g/mol. The van der Waals surface area contributed by atoms with E-state index in [0.717, 1.165) is 35.7 Å². The minimum absolute atomic E-state index is 0.606. The van der Waals surface area contributed by atoms with Gasteiger partial charge in [0.05, 0.1) is 5.71 Å². The van der Waals surface area contributed by atoms with Crippen molar-refractivity contribution >= 4 is 23.4 Å². The summed E-state index contributed by atoms with van der Waals surface area (Å²) in [5, 5.41) is 4.94. The SMILES string of the molecule is CCCC(/C=C/c1ccc(Cl)cc1)=N\OCCN(C)C. The van der Waals surface area contributed by atoms with Gasteiger partial charge >= 0.3 is 0 Å². The molecule has 0 atom stereocenters. The molecule has 3 nitrogen and oxygen atoms in total. The maximum Gasteiger partial charge on any atom is 0.129 e. The van der Waals surface area contributed by atoms with Gasteiger partial charge in [0.15, 0.2) is 0 Å². The normalized spacial score (nSPS) is 12.3. The molecule has 1 aromatic rings. The van der Waals surface area contributed by atoms with E-state index >= 15 is 0 Å². The summed E-state index contributed by atoms with van der Waals surface area (Å²) in [6.45, 7) is 3.60. The van der Waals surface area contributed by atoms with Crippen LogP contribution in [-0.2, 0) is 4.84 Å². The zero-order valence-electron chi connectivity index (χ0n) is 12.5. The lowest BCUT2D eigenvalue weighted by atomic mass is 10.1. The Hall–Kier alpha value is -1.32. The minimum atomic E-state index is 0.606. The highest BCUT2D eigenvalue weighted by atomic mass is 35.5. The van der Waals surface area contributed by atoms with Gasteiger partial charge in [0.1, 0.15) is 6.61 Å². The Kier molecular flexibility index (Phi) is 8.00. The van der Waals surface area contributed by atoms with Gasteiger partial charge in [-0.15, -0.1) is 0 Å². The Balaban J connectivity index is 2.56.